The quantitative estimate of drug-likeness (QED) is 0.911. The number of hydrogen-bond acceptors (Lipinski definition) is 4. The van der Waals surface area contributed by atoms with Crippen molar-refractivity contribution < 1.29 is 9.13 Å². The second kappa shape index (κ2) is 6.43. The number of halogens is 1. The third-order valence-corrected chi connectivity index (χ3v) is 3.08. The van der Waals surface area contributed by atoms with Gasteiger partial charge in [-0.15, -0.1) is 0 Å². The number of methoxy groups -OCH3 is 1. The molecule has 0 spiro atoms. The Kier molecular flexibility index (Phi) is 4.63. The van der Waals surface area contributed by atoms with Crippen molar-refractivity contribution in [1.29, 1.82) is 0 Å². The third-order valence-electron chi connectivity index (χ3n) is 3.08. The monoisotopic (exact) mass is 275 g/mol. The third kappa shape index (κ3) is 2.93. The molecule has 1 atom stereocenters. The van der Waals surface area contributed by atoms with E-state index in [4.69, 9.17) is 4.74 Å². The molecular formula is C15H18FN3O. The number of aryl methyl sites for hydroxylation is 1. The van der Waals surface area contributed by atoms with E-state index in [-0.39, 0.29) is 11.9 Å². The Balaban J connectivity index is 2.47. The van der Waals surface area contributed by atoms with Crippen molar-refractivity contribution in [2.24, 2.45) is 0 Å². The number of rotatable bonds is 5. The zero-order chi connectivity index (χ0) is 14.5. The lowest BCUT2D eigenvalue weighted by atomic mass is 10.0. The summed E-state index contributed by atoms with van der Waals surface area (Å²) in [5.41, 5.74) is 2.24. The van der Waals surface area contributed by atoms with Crippen molar-refractivity contribution in [2.75, 3.05) is 13.7 Å². The summed E-state index contributed by atoms with van der Waals surface area (Å²) in [6, 6.07) is 4.86. The maximum absolute atomic E-state index is 13.4. The van der Waals surface area contributed by atoms with Crippen molar-refractivity contribution in [3.8, 4) is 5.88 Å². The molecule has 106 valence electrons. The molecule has 0 radical (unpaired) electrons. The van der Waals surface area contributed by atoms with Crippen LogP contribution in [0.5, 0.6) is 5.88 Å². The van der Waals surface area contributed by atoms with Crippen molar-refractivity contribution in [2.45, 2.75) is 19.9 Å². The van der Waals surface area contributed by atoms with E-state index in [1.807, 2.05) is 13.0 Å². The van der Waals surface area contributed by atoms with Gasteiger partial charge < -0.3 is 10.1 Å². The molecule has 5 heteroatoms. The van der Waals surface area contributed by atoms with Gasteiger partial charge in [0.05, 0.1) is 13.2 Å². The molecular weight excluding hydrogens is 257 g/mol. The molecule has 0 bridgehead atoms. The number of benzene rings is 1. The lowest BCUT2D eigenvalue weighted by Gasteiger charge is -2.19. The van der Waals surface area contributed by atoms with Crippen LogP contribution in [0.15, 0.2) is 30.6 Å². The largest absolute Gasteiger partial charge is 0.480 e. The summed E-state index contributed by atoms with van der Waals surface area (Å²) in [6.45, 7) is 4.50. The molecule has 2 rings (SSSR count). The zero-order valence-electron chi connectivity index (χ0n) is 11.9. The maximum atomic E-state index is 13.4. The van der Waals surface area contributed by atoms with E-state index in [9.17, 15) is 4.39 Å². The van der Waals surface area contributed by atoms with Gasteiger partial charge in [-0.05, 0) is 30.7 Å². The Bertz CT molecular complexity index is 589. The Hall–Kier alpha value is -2.01. The van der Waals surface area contributed by atoms with E-state index in [0.29, 0.717) is 17.1 Å². The van der Waals surface area contributed by atoms with Gasteiger partial charge >= 0.3 is 0 Å². The number of nitrogens with one attached hydrogen (secondary N) is 1. The van der Waals surface area contributed by atoms with Gasteiger partial charge in [-0.25, -0.2) is 9.37 Å². The van der Waals surface area contributed by atoms with E-state index in [2.05, 4.69) is 15.3 Å². The van der Waals surface area contributed by atoms with Gasteiger partial charge in [0.25, 0.3) is 0 Å². The lowest BCUT2D eigenvalue weighted by Crippen LogP contribution is -2.24. The molecule has 0 aliphatic carbocycles. The first-order valence-electron chi connectivity index (χ1n) is 6.51. The van der Waals surface area contributed by atoms with Gasteiger partial charge in [0.1, 0.15) is 11.5 Å². The first-order valence-corrected chi connectivity index (χ1v) is 6.51. The van der Waals surface area contributed by atoms with Crippen molar-refractivity contribution in [3.05, 3.63) is 53.2 Å². The second-order valence-electron chi connectivity index (χ2n) is 4.45. The van der Waals surface area contributed by atoms with E-state index in [1.54, 1.807) is 32.5 Å². The van der Waals surface area contributed by atoms with E-state index < -0.39 is 0 Å². The van der Waals surface area contributed by atoms with Crippen LogP contribution in [0.25, 0.3) is 0 Å². The Morgan fingerprint density at radius 1 is 1.30 bits per heavy atom. The van der Waals surface area contributed by atoms with E-state index in [0.717, 1.165) is 12.1 Å². The van der Waals surface area contributed by atoms with Gasteiger partial charge in [-0.3, -0.25) is 4.98 Å². The average molecular weight is 275 g/mol. The molecule has 1 aromatic carbocycles. The van der Waals surface area contributed by atoms with Crippen molar-refractivity contribution in [3.63, 3.8) is 0 Å². The van der Waals surface area contributed by atoms with Crippen molar-refractivity contribution in [1.82, 2.24) is 15.3 Å². The molecule has 1 N–H and O–H groups in total. The van der Waals surface area contributed by atoms with Crippen LogP contribution >= 0.6 is 0 Å². The summed E-state index contributed by atoms with van der Waals surface area (Å²) in [4.78, 5) is 8.52. The van der Waals surface area contributed by atoms with Crippen LogP contribution in [-0.4, -0.2) is 23.6 Å². The minimum absolute atomic E-state index is 0.178. The topological polar surface area (TPSA) is 47.0 Å². The predicted octanol–water partition coefficient (Wildman–Crippen LogP) is 2.63. The van der Waals surface area contributed by atoms with Gasteiger partial charge in [0.2, 0.25) is 5.88 Å². The Morgan fingerprint density at radius 2 is 2.05 bits per heavy atom. The van der Waals surface area contributed by atoms with Crippen LogP contribution in [0.2, 0.25) is 0 Å². The van der Waals surface area contributed by atoms with E-state index in [1.165, 1.54) is 6.07 Å². The summed E-state index contributed by atoms with van der Waals surface area (Å²) in [6.07, 6.45) is 3.21. The highest BCUT2D eigenvalue weighted by Gasteiger charge is 2.20. The van der Waals surface area contributed by atoms with Crippen LogP contribution in [0.3, 0.4) is 0 Å². The first kappa shape index (κ1) is 14.4. The molecule has 1 aromatic heterocycles. The average Bonchev–Trinajstić information content (AvgIpc) is 2.48. The van der Waals surface area contributed by atoms with Gasteiger partial charge in [-0.1, -0.05) is 19.1 Å². The molecule has 20 heavy (non-hydrogen) atoms. The fourth-order valence-electron chi connectivity index (χ4n) is 2.12. The lowest BCUT2D eigenvalue weighted by molar-refractivity contribution is 0.383. The highest BCUT2D eigenvalue weighted by atomic mass is 19.1. The van der Waals surface area contributed by atoms with Crippen LogP contribution in [-0.2, 0) is 0 Å². The second-order valence-corrected chi connectivity index (χ2v) is 4.45. The smallest absolute Gasteiger partial charge is 0.237 e. The first-order chi connectivity index (χ1) is 9.67. The van der Waals surface area contributed by atoms with Crippen LogP contribution in [0, 0.1) is 12.7 Å². The summed E-state index contributed by atoms with van der Waals surface area (Å²) in [7, 11) is 1.56. The summed E-state index contributed by atoms with van der Waals surface area (Å²) >= 11 is 0. The molecule has 2 aromatic rings. The van der Waals surface area contributed by atoms with Crippen LogP contribution in [0.4, 0.5) is 4.39 Å². The molecule has 1 heterocycles. The molecule has 1 unspecified atom stereocenters. The normalized spacial score (nSPS) is 12.2. The Morgan fingerprint density at radius 3 is 2.70 bits per heavy atom. The van der Waals surface area contributed by atoms with Crippen LogP contribution in [0.1, 0.15) is 29.8 Å². The highest BCUT2D eigenvalue weighted by molar-refractivity contribution is 5.35. The van der Waals surface area contributed by atoms with Gasteiger partial charge in [0.15, 0.2) is 0 Å². The number of nitrogens with zero attached hydrogens (tertiary/aromatic N) is 2. The minimum atomic E-state index is -0.213. The molecule has 0 fully saturated rings. The number of aromatic nitrogens is 2. The van der Waals surface area contributed by atoms with E-state index >= 15 is 0 Å². The van der Waals surface area contributed by atoms with Gasteiger partial charge in [-0.2, -0.15) is 0 Å². The molecule has 0 saturated carbocycles. The summed E-state index contributed by atoms with van der Waals surface area (Å²) in [5.74, 6) is 0.260. The summed E-state index contributed by atoms with van der Waals surface area (Å²) < 4.78 is 18.7. The van der Waals surface area contributed by atoms with Crippen molar-refractivity contribution >= 4 is 0 Å². The maximum Gasteiger partial charge on any atom is 0.237 e. The zero-order valence-corrected chi connectivity index (χ0v) is 11.9. The molecule has 0 saturated heterocycles. The fourth-order valence-corrected chi connectivity index (χ4v) is 2.12. The highest BCUT2D eigenvalue weighted by Crippen LogP contribution is 2.27. The molecule has 0 aliphatic rings. The SMILES string of the molecule is CCNC(c1ccc(F)c(C)c1)c1nccnc1OC. The number of hydrogen-bond donors (Lipinski definition) is 1. The fraction of sp³-hybridized carbons (Fsp3) is 0.333. The molecule has 4 nitrogen and oxygen atoms in total. The number of ether oxygens (including phenoxy) is 1. The molecule has 0 amide bonds. The Labute approximate surface area is 118 Å². The molecule has 0 aliphatic heterocycles. The minimum Gasteiger partial charge on any atom is -0.480 e. The summed E-state index contributed by atoms with van der Waals surface area (Å²) in [5, 5.41) is 3.33. The standard InChI is InChI=1S/C15H18FN3O/c1-4-17-13(11-5-6-12(16)10(2)9-11)14-15(20-3)19-8-7-18-14/h5-9,13,17H,4H2,1-3H3. The predicted molar refractivity (Wildman–Crippen MR) is 75.2 cm³/mol. The van der Waals surface area contributed by atoms with Crippen LogP contribution < -0.4 is 10.1 Å². The van der Waals surface area contributed by atoms with Gasteiger partial charge in [0, 0.05) is 12.4 Å².